The Bertz CT molecular complexity index is 332. The van der Waals surface area contributed by atoms with E-state index in [0.29, 0.717) is 6.54 Å². The number of halogens is 1. The lowest BCUT2D eigenvalue weighted by Gasteiger charge is -2.17. The molecule has 0 radical (unpaired) electrons. The number of rotatable bonds is 5. The zero-order valence-corrected chi connectivity index (χ0v) is 11.0. The van der Waals surface area contributed by atoms with Crippen LogP contribution in [0.15, 0.2) is 24.5 Å². The summed E-state index contributed by atoms with van der Waals surface area (Å²) in [5.74, 6) is 0.114. The third-order valence-electron chi connectivity index (χ3n) is 2.78. The third-order valence-corrected chi connectivity index (χ3v) is 2.78. The highest BCUT2D eigenvalue weighted by Gasteiger charge is 2.18. The Balaban J connectivity index is 0.00000256. The molecular weight excluding hydrogens is 238 g/mol. The summed E-state index contributed by atoms with van der Waals surface area (Å²) in [6.45, 7) is 4.52. The van der Waals surface area contributed by atoms with E-state index in [1.54, 1.807) is 12.4 Å². The van der Waals surface area contributed by atoms with Gasteiger partial charge in [0.1, 0.15) is 0 Å². The molecule has 2 unspecified atom stereocenters. The van der Waals surface area contributed by atoms with Crippen LogP contribution in [0.25, 0.3) is 0 Å². The van der Waals surface area contributed by atoms with Crippen molar-refractivity contribution in [3.05, 3.63) is 30.1 Å². The molecule has 0 aliphatic carbocycles. The molecule has 17 heavy (non-hydrogen) atoms. The van der Waals surface area contributed by atoms with E-state index >= 15 is 0 Å². The number of amides is 1. The summed E-state index contributed by atoms with van der Waals surface area (Å²) in [4.78, 5) is 15.6. The predicted octanol–water partition coefficient (Wildman–Crippen LogP) is 1.49. The van der Waals surface area contributed by atoms with Crippen LogP contribution >= 0.6 is 12.4 Å². The van der Waals surface area contributed by atoms with Crippen LogP contribution in [-0.4, -0.2) is 16.9 Å². The second-order valence-electron chi connectivity index (χ2n) is 3.98. The standard InChI is InChI=1S/C12H19N3O.ClH/c1-3-9(2)11(13)12(16)15-8-10-4-6-14-7-5-10;/h4-7,9,11H,3,8,13H2,1-2H3,(H,15,16);1H. The van der Waals surface area contributed by atoms with E-state index in [-0.39, 0.29) is 24.2 Å². The first-order valence-corrected chi connectivity index (χ1v) is 5.57. The highest BCUT2D eigenvalue weighted by Crippen LogP contribution is 2.05. The quantitative estimate of drug-likeness (QED) is 0.840. The fourth-order valence-corrected chi connectivity index (χ4v) is 1.32. The summed E-state index contributed by atoms with van der Waals surface area (Å²) < 4.78 is 0. The van der Waals surface area contributed by atoms with Crippen LogP contribution in [0.1, 0.15) is 25.8 Å². The maximum atomic E-state index is 11.7. The summed E-state index contributed by atoms with van der Waals surface area (Å²) in [6.07, 6.45) is 4.32. The maximum Gasteiger partial charge on any atom is 0.237 e. The summed E-state index contributed by atoms with van der Waals surface area (Å²) in [5, 5.41) is 2.82. The molecule has 0 aliphatic rings. The fraction of sp³-hybridized carbons (Fsp3) is 0.500. The second-order valence-corrected chi connectivity index (χ2v) is 3.98. The third kappa shape index (κ3) is 5.15. The van der Waals surface area contributed by atoms with E-state index < -0.39 is 6.04 Å². The SMILES string of the molecule is CCC(C)C(N)C(=O)NCc1ccncc1.Cl. The van der Waals surface area contributed by atoms with Crippen LogP contribution in [0.4, 0.5) is 0 Å². The van der Waals surface area contributed by atoms with Gasteiger partial charge < -0.3 is 11.1 Å². The lowest BCUT2D eigenvalue weighted by molar-refractivity contribution is -0.123. The molecule has 0 spiro atoms. The highest BCUT2D eigenvalue weighted by molar-refractivity contribution is 5.85. The Morgan fingerprint density at radius 2 is 2.06 bits per heavy atom. The Hall–Kier alpha value is -1.13. The zero-order chi connectivity index (χ0) is 12.0. The number of aromatic nitrogens is 1. The van der Waals surface area contributed by atoms with E-state index in [1.165, 1.54) is 0 Å². The molecular formula is C12H20ClN3O. The van der Waals surface area contributed by atoms with Crippen molar-refractivity contribution in [2.24, 2.45) is 11.7 Å². The predicted molar refractivity (Wildman–Crippen MR) is 70.8 cm³/mol. The Kier molecular flexibility index (Phi) is 7.50. The smallest absolute Gasteiger partial charge is 0.237 e. The number of nitrogens with zero attached hydrogens (tertiary/aromatic N) is 1. The molecule has 4 nitrogen and oxygen atoms in total. The van der Waals surface area contributed by atoms with Gasteiger partial charge in [-0.15, -0.1) is 12.4 Å². The van der Waals surface area contributed by atoms with Gasteiger partial charge in [0.05, 0.1) is 6.04 Å². The van der Waals surface area contributed by atoms with Crippen molar-refractivity contribution in [1.82, 2.24) is 10.3 Å². The van der Waals surface area contributed by atoms with Crippen LogP contribution < -0.4 is 11.1 Å². The largest absolute Gasteiger partial charge is 0.351 e. The normalized spacial score (nSPS) is 13.4. The van der Waals surface area contributed by atoms with Gasteiger partial charge in [0.2, 0.25) is 5.91 Å². The lowest BCUT2D eigenvalue weighted by Crippen LogP contribution is -2.44. The van der Waals surface area contributed by atoms with Crippen LogP contribution in [-0.2, 0) is 11.3 Å². The summed E-state index contributed by atoms with van der Waals surface area (Å²) in [6, 6.07) is 3.32. The molecule has 1 rings (SSSR count). The van der Waals surface area contributed by atoms with Crippen molar-refractivity contribution in [2.75, 3.05) is 0 Å². The molecule has 0 saturated carbocycles. The van der Waals surface area contributed by atoms with Gasteiger partial charge in [0, 0.05) is 18.9 Å². The van der Waals surface area contributed by atoms with Crippen molar-refractivity contribution in [3.8, 4) is 0 Å². The van der Waals surface area contributed by atoms with Gasteiger partial charge in [-0.25, -0.2) is 0 Å². The molecule has 96 valence electrons. The summed E-state index contributed by atoms with van der Waals surface area (Å²) in [5.41, 5.74) is 6.84. The number of carbonyl (C=O) groups excluding carboxylic acids is 1. The highest BCUT2D eigenvalue weighted by atomic mass is 35.5. The first kappa shape index (κ1) is 15.9. The van der Waals surface area contributed by atoms with Gasteiger partial charge in [-0.3, -0.25) is 9.78 Å². The van der Waals surface area contributed by atoms with E-state index in [2.05, 4.69) is 10.3 Å². The minimum atomic E-state index is -0.424. The number of nitrogens with one attached hydrogen (secondary N) is 1. The molecule has 0 saturated heterocycles. The minimum Gasteiger partial charge on any atom is -0.351 e. The van der Waals surface area contributed by atoms with Gasteiger partial charge >= 0.3 is 0 Å². The number of nitrogens with two attached hydrogens (primary N) is 1. The number of hydrogen-bond donors (Lipinski definition) is 2. The minimum absolute atomic E-state index is 0. The van der Waals surface area contributed by atoms with Crippen LogP contribution in [0.5, 0.6) is 0 Å². The second kappa shape index (κ2) is 8.03. The average molecular weight is 258 g/mol. The van der Waals surface area contributed by atoms with Crippen molar-refractivity contribution < 1.29 is 4.79 Å². The van der Waals surface area contributed by atoms with Crippen molar-refractivity contribution in [1.29, 1.82) is 0 Å². The molecule has 0 bridgehead atoms. The summed E-state index contributed by atoms with van der Waals surface area (Å²) in [7, 11) is 0. The molecule has 5 heteroatoms. The number of pyridine rings is 1. The maximum absolute atomic E-state index is 11.7. The molecule has 1 aromatic rings. The van der Waals surface area contributed by atoms with Crippen molar-refractivity contribution >= 4 is 18.3 Å². The van der Waals surface area contributed by atoms with Gasteiger partial charge in [-0.1, -0.05) is 20.3 Å². The average Bonchev–Trinajstić information content (AvgIpc) is 2.35. The Morgan fingerprint density at radius 1 is 1.47 bits per heavy atom. The van der Waals surface area contributed by atoms with Crippen LogP contribution in [0.3, 0.4) is 0 Å². The van der Waals surface area contributed by atoms with Crippen LogP contribution in [0, 0.1) is 5.92 Å². The van der Waals surface area contributed by atoms with E-state index in [1.807, 2.05) is 26.0 Å². The molecule has 0 fully saturated rings. The first-order chi connectivity index (χ1) is 7.65. The van der Waals surface area contributed by atoms with E-state index in [4.69, 9.17) is 5.73 Å². The molecule has 1 aromatic heterocycles. The van der Waals surface area contributed by atoms with Gasteiger partial charge in [-0.2, -0.15) is 0 Å². The molecule has 1 amide bonds. The zero-order valence-electron chi connectivity index (χ0n) is 10.2. The Morgan fingerprint density at radius 3 is 2.59 bits per heavy atom. The van der Waals surface area contributed by atoms with Crippen molar-refractivity contribution in [3.63, 3.8) is 0 Å². The topological polar surface area (TPSA) is 68.0 Å². The molecule has 1 heterocycles. The molecule has 2 atom stereocenters. The monoisotopic (exact) mass is 257 g/mol. The van der Waals surface area contributed by atoms with E-state index in [9.17, 15) is 4.79 Å². The van der Waals surface area contributed by atoms with Gasteiger partial charge in [0.25, 0.3) is 0 Å². The van der Waals surface area contributed by atoms with Crippen molar-refractivity contribution in [2.45, 2.75) is 32.9 Å². The number of hydrogen-bond acceptors (Lipinski definition) is 3. The lowest BCUT2D eigenvalue weighted by atomic mass is 9.99. The Labute approximate surface area is 108 Å². The van der Waals surface area contributed by atoms with E-state index in [0.717, 1.165) is 12.0 Å². The van der Waals surface area contributed by atoms with Gasteiger partial charge in [-0.05, 0) is 23.6 Å². The number of carbonyl (C=O) groups is 1. The van der Waals surface area contributed by atoms with Crippen LogP contribution in [0.2, 0.25) is 0 Å². The molecule has 3 N–H and O–H groups in total. The first-order valence-electron chi connectivity index (χ1n) is 5.57. The summed E-state index contributed by atoms with van der Waals surface area (Å²) >= 11 is 0. The van der Waals surface area contributed by atoms with Gasteiger partial charge in [0.15, 0.2) is 0 Å². The molecule has 0 aliphatic heterocycles. The molecule has 0 aromatic carbocycles. The fourth-order valence-electron chi connectivity index (χ4n) is 1.32.